The monoisotopic (exact) mass is 379 g/mol. The van der Waals surface area contributed by atoms with Crippen LogP contribution in [0, 0.1) is 0 Å². The van der Waals surface area contributed by atoms with E-state index in [9.17, 15) is 4.79 Å². The summed E-state index contributed by atoms with van der Waals surface area (Å²) in [5.74, 6) is 0.175. The number of aryl methyl sites for hydroxylation is 1. The SMILES string of the molecule is CCCCCOc1c(Cl)cc(C(=O)Nc2ccc(CC)cc2)cc1Cl. The van der Waals surface area contributed by atoms with Gasteiger partial charge in [-0.3, -0.25) is 4.79 Å². The third-order valence-electron chi connectivity index (χ3n) is 3.87. The number of unbranched alkanes of at least 4 members (excludes halogenated alkanes) is 2. The van der Waals surface area contributed by atoms with E-state index in [4.69, 9.17) is 27.9 Å². The molecule has 0 aliphatic carbocycles. The van der Waals surface area contributed by atoms with Gasteiger partial charge in [-0.2, -0.15) is 0 Å². The van der Waals surface area contributed by atoms with Crippen LogP contribution in [0.4, 0.5) is 5.69 Å². The van der Waals surface area contributed by atoms with E-state index in [1.807, 2.05) is 24.3 Å². The van der Waals surface area contributed by atoms with Gasteiger partial charge in [0.15, 0.2) is 5.75 Å². The van der Waals surface area contributed by atoms with Gasteiger partial charge in [-0.25, -0.2) is 0 Å². The lowest BCUT2D eigenvalue weighted by Gasteiger charge is -2.12. The summed E-state index contributed by atoms with van der Waals surface area (Å²) in [6.45, 7) is 4.77. The average Bonchev–Trinajstić information content (AvgIpc) is 2.61. The van der Waals surface area contributed by atoms with Gasteiger partial charge in [0.25, 0.3) is 5.91 Å². The maximum Gasteiger partial charge on any atom is 0.255 e. The van der Waals surface area contributed by atoms with Gasteiger partial charge in [0.05, 0.1) is 16.7 Å². The highest BCUT2D eigenvalue weighted by Crippen LogP contribution is 2.34. The zero-order chi connectivity index (χ0) is 18.2. The summed E-state index contributed by atoms with van der Waals surface area (Å²) in [4.78, 5) is 12.4. The predicted octanol–water partition coefficient (Wildman–Crippen LogP) is 6.38. The fourth-order valence-electron chi connectivity index (χ4n) is 2.38. The van der Waals surface area contributed by atoms with Gasteiger partial charge in [0.1, 0.15) is 0 Å². The molecule has 0 aromatic heterocycles. The molecule has 2 aromatic carbocycles. The molecule has 2 aromatic rings. The van der Waals surface area contributed by atoms with Gasteiger partial charge in [0, 0.05) is 11.3 Å². The first-order valence-electron chi connectivity index (χ1n) is 8.57. The molecule has 0 saturated carbocycles. The number of halogens is 2. The van der Waals surface area contributed by atoms with E-state index < -0.39 is 0 Å². The quantitative estimate of drug-likeness (QED) is 0.540. The number of rotatable bonds is 8. The highest BCUT2D eigenvalue weighted by molar-refractivity contribution is 6.37. The molecule has 25 heavy (non-hydrogen) atoms. The van der Waals surface area contributed by atoms with Crippen molar-refractivity contribution in [2.24, 2.45) is 0 Å². The molecule has 0 saturated heterocycles. The van der Waals surface area contributed by atoms with Gasteiger partial charge < -0.3 is 10.1 Å². The fourth-order valence-corrected chi connectivity index (χ4v) is 2.98. The van der Waals surface area contributed by atoms with E-state index in [1.54, 1.807) is 12.1 Å². The van der Waals surface area contributed by atoms with Crippen LogP contribution >= 0.6 is 23.2 Å². The van der Waals surface area contributed by atoms with Crippen LogP contribution in [0.3, 0.4) is 0 Å². The van der Waals surface area contributed by atoms with Crippen LogP contribution in [0.15, 0.2) is 36.4 Å². The first-order valence-corrected chi connectivity index (χ1v) is 9.32. The van der Waals surface area contributed by atoms with Crippen molar-refractivity contribution >= 4 is 34.8 Å². The Morgan fingerprint density at radius 3 is 2.24 bits per heavy atom. The molecule has 0 aliphatic rings. The standard InChI is InChI=1S/C20H23Cl2NO2/c1-3-5-6-11-25-19-17(21)12-15(13-18(19)22)20(24)23-16-9-7-14(4-2)8-10-16/h7-10,12-13H,3-6,11H2,1-2H3,(H,23,24). The normalized spacial score (nSPS) is 10.6. The van der Waals surface area contributed by atoms with Crippen molar-refractivity contribution in [1.29, 1.82) is 0 Å². The molecule has 1 amide bonds. The van der Waals surface area contributed by atoms with Crippen LogP contribution in [0.5, 0.6) is 5.75 Å². The molecule has 0 radical (unpaired) electrons. The highest BCUT2D eigenvalue weighted by Gasteiger charge is 2.14. The number of amides is 1. The third-order valence-corrected chi connectivity index (χ3v) is 4.44. The first kappa shape index (κ1) is 19.6. The Balaban J connectivity index is 2.06. The van der Waals surface area contributed by atoms with Gasteiger partial charge >= 0.3 is 0 Å². The van der Waals surface area contributed by atoms with E-state index in [2.05, 4.69) is 19.2 Å². The molecule has 0 fully saturated rings. The molecule has 0 atom stereocenters. The minimum absolute atomic E-state index is 0.259. The van der Waals surface area contributed by atoms with Crippen LogP contribution in [-0.4, -0.2) is 12.5 Å². The lowest BCUT2D eigenvalue weighted by atomic mass is 10.1. The van der Waals surface area contributed by atoms with Crippen molar-refractivity contribution in [2.45, 2.75) is 39.5 Å². The average molecular weight is 380 g/mol. The number of benzene rings is 2. The number of hydrogen-bond donors (Lipinski definition) is 1. The second kappa shape index (κ2) is 9.69. The molecular formula is C20H23Cl2NO2. The molecule has 0 aliphatic heterocycles. The number of ether oxygens (including phenoxy) is 1. The zero-order valence-electron chi connectivity index (χ0n) is 14.6. The van der Waals surface area contributed by atoms with Gasteiger partial charge in [0.2, 0.25) is 0 Å². The topological polar surface area (TPSA) is 38.3 Å². The number of carbonyl (C=O) groups excluding carboxylic acids is 1. The highest BCUT2D eigenvalue weighted by atomic mass is 35.5. The van der Waals surface area contributed by atoms with Crippen LogP contribution in [0.1, 0.15) is 49.0 Å². The third kappa shape index (κ3) is 5.65. The lowest BCUT2D eigenvalue weighted by Crippen LogP contribution is -2.12. The Kier molecular flexibility index (Phi) is 7.60. The van der Waals surface area contributed by atoms with Gasteiger partial charge in [-0.1, -0.05) is 62.0 Å². The maximum absolute atomic E-state index is 12.4. The maximum atomic E-state index is 12.4. The fraction of sp³-hybridized carbons (Fsp3) is 0.350. The summed E-state index contributed by atoms with van der Waals surface area (Å²) >= 11 is 12.5. The van der Waals surface area contributed by atoms with Crippen LogP contribution in [0.25, 0.3) is 0 Å². The van der Waals surface area contributed by atoms with E-state index >= 15 is 0 Å². The Morgan fingerprint density at radius 2 is 1.68 bits per heavy atom. The van der Waals surface area contributed by atoms with Crippen LogP contribution in [-0.2, 0) is 6.42 Å². The molecule has 3 nitrogen and oxygen atoms in total. The summed E-state index contributed by atoms with van der Waals surface area (Å²) in [5.41, 5.74) is 2.35. The summed E-state index contributed by atoms with van der Waals surface area (Å²) in [6, 6.07) is 10.9. The van der Waals surface area contributed by atoms with Crippen molar-refractivity contribution in [3.8, 4) is 5.75 Å². The summed E-state index contributed by atoms with van der Waals surface area (Å²) in [7, 11) is 0. The number of nitrogens with one attached hydrogen (secondary N) is 1. The molecule has 0 unspecified atom stereocenters. The van der Waals surface area contributed by atoms with Crippen LogP contribution in [0.2, 0.25) is 10.0 Å². The Hall–Kier alpha value is -1.71. The van der Waals surface area contributed by atoms with E-state index in [0.29, 0.717) is 28.0 Å². The Morgan fingerprint density at radius 1 is 1.04 bits per heavy atom. The zero-order valence-corrected chi connectivity index (χ0v) is 16.1. The van der Waals surface area contributed by atoms with Crippen molar-refractivity contribution in [3.05, 3.63) is 57.6 Å². The number of carbonyl (C=O) groups is 1. The smallest absolute Gasteiger partial charge is 0.255 e. The molecule has 0 spiro atoms. The van der Waals surface area contributed by atoms with Gasteiger partial charge in [-0.15, -0.1) is 0 Å². The lowest BCUT2D eigenvalue weighted by molar-refractivity contribution is 0.102. The second-order valence-corrected chi connectivity index (χ2v) is 6.64. The first-order chi connectivity index (χ1) is 12.0. The second-order valence-electron chi connectivity index (χ2n) is 5.83. The van der Waals surface area contributed by atoms with Crippen molar-refractivity contribution in [1.82, 2.24) is 0 Å². The predicted molar refractivity (Wildman–Crippen MR) is 105 cm³/mol. The minimum atomic E-state index is -0.259. The van der Waals surface area contributed by atoms with Crippen molar-refractivity contribution in [2.75, 3.05) is 11.9 Å². The Bertz CT molecular complexity index is 691. The molecule has 2 rings (SSSR count). The van der Waals surface area contributed by atoms with Crippen molar-refractivity contribution < 1.29 is 9.53 Å². The largest absolute Gasteiger partial charge is 0.490 e. The van der Waals surface area contributed by atoms with Crippen molar-refractivity contribution in [3.63, 3.8) is 0 Å². The molecule has 0 heterocycles. The molecule has 1 N–H and O–H groups in total. The summed E-state index contributed by atoms with van der Waals surface area (Å²) in [5, 5.41) is 3.53. The minimum Gasteiger partial charge on any atom is -0.490 e. The van der Waals surface area contributed by atoms with Gasteiger partial charge in [-0.05, 0) is 42.7 Å². The molecular weight excluding hydrogens is 357 g/mol. The molecule has 0 bridgehead atoms. The summed E-state index contributed by atoms with van der Waals surface area (Å²) in [6.07, 6.45) is 4.11. The molecule has 134 valence electrons. The van der Waals surface area contributed by atoms with Crippen LogP contribution < -0.4 is 10.1 Å². The van der Waals surface area contributed by atoms with E-state index in [-0.39, 0.29) is 5.91 Å². The Labute approximate surface area is 159 Å². The number of anilines is 1. The summed E-state index contributed by atoms with van der Waals surface area (Å²) < 4.78 is 5.65. The molecule has 5 heteroatoms. The number of hydrogen-bond acceptors (Lipinski definition) is 2. The van der Waals surface area contributed by atoms with E-state index in [1.165, 1.54) is 5.56 Å². The van der Waals surface area contributed by atoms with E-state index in [0.717, 1.165) is 31.4 Å².